The highest BCUT2D eigenvalue weighted by Gasteiger charge is 2.22. The number of carbonyl (C=O) groups excluding carboxylic acids is 1. The van der Waals surface area contributed by atoms with E-state index < -0.39 is 0 Å². The summed E-state index contributed by atoms with van der Waals surface area (Å²) in [5, 5.41) is 8.85. The summed E-state index contributed by atoms with van der Waals surface area (Å²) in [5.41, 5.74) is 1.26. The molecule has 1 fully saturated rings. The van der Waals surface area contributed by atoms with E-state index in [1.807, 2.05) is 24.3 Å². The first-order chi connectivity index (χ1) is 10.1. The van der Waals surface area contributed by atoms with Crippen molar-refractivity contribution in [3.05, 3.63) is 29.8 Å². The molecule has 1 aromatic rings. The molecule has 1 saturated heterocycles. The minimum Gasteiger partial charge on any atom is -0.484 e. The summed E-state index contributed by atoms with van der Waals surface area (Å²) in [6.07, 6.45) is 1.54. The molecule has 0 aromatic heterocycles. The van der Waals surface area contributed by atoms with Crippen LogP contribution in [0, 0.1) is 17.2 Å². The summed E-state index contributed by atoms with van der Waals surface area (Å²) < 4.78 is 5.55. The molecule has 1 aliphatic heterocycles. The molecule has 0 bridgehead atoms. The second-order valence-electron chi connectivity index (χ2n) is 5.80. The van der Waals surface area contributed by atoms with Crippen LogP contribution in [0.5, 0.6) is 5.75 Å². The molecule has 1 amide bonds. The minimum absolute atomic E-state index is 0.000624. The van der Waals surface area contributed by atoms with Crippen LogP contribution in [0.25, 0.3) is 0 Å². The minimum atomic E-state index is -0.000624. The number of hydrogen-bond donors (Lipinski definition) is 0. The molecule has 1 heterocycles. The Morgan fingerprint density at radius 2 is 1.95 bits per heavy atom. The van der Waals surface area contributed by atoms with Gasteiger partial charge in [0.25, 0.3) is 5.91 Å². The molecule has 0 atom stereocenters. The summed E-state index contributed by atoms with van der Waals surface area (Å²) in [6.45, 7) is 5.67. The molecule has 1 aliphatic rings. The van der Waals surface area contributed by atoms with Gasteiger partial charge in [-0.2, -0.15) is 5.26 Å². The summed E-state index contributed by atoms with van der Waals surface area (Å²) in [6, 6.07) is 10.1. The Morgan fingerprint density at radius 3 is 2.48 bits per heavy atom. The van der Waals surface area contributed by atoms with E-state index in [2.05, 4.69) is 19.9 Å². The van der Waals surface area contributed by atoms with Crippen LogP contribution >= 0.6 is 0 Å². The number of piperidine rings is 1. The maximum Gasteiger partial charge on any atom is 0.260 e. The number of amides is 1. The molecule has 0 unspecified atom stereocenters. The van der Waals surface area contributed by atoms with Crippen molar-refractivity contribution >= 4 is 5.91 Å². The highest BCUT2D eigenvalue weighted by molar-refractivity contribution is 5.77. The van der Waals surface area contributed by atoms with Crippen LogP contribution in [-0.2, 0) is 4.79 Å². The van der Waals surface area contributed by atoms with Crippen LogP contribution in [0.2, 0.25) is 0 Å². The number of ether oxygens (including phenoxy) is 1. The number of rotatable bonds is 4. The average Bonchev–Trinajstić information content (AvgIpc) is 2.53. The van der Waals surface area contributed by atoms with Gasteiger partial charge in [-0.3, -0.25) is 4.79 Å². The zero-order valence-corrected chi connectivity index (χ0v) is 12.7. The number of carbonyl (C=O) groups is 1. The van der Waals surface area contributed by atoms with E-state index in [1.54, 1.807) is 4.90 Å². The molecule has 0 aliphatic carbocycles. The van der Waals surface area contributed by atoms with Gasteiger partial charge in [0.2, 0.25) is 0 Å². The highest BCUT2D eigenvalue weighted by atomic mass is 16.5. The first kappa shape index (κ1) is 15.4. The van der Waals surface area contributed by atoms with E-state index >= 15 is 0 Å². The number of nitriles is 1. The van der Waals surface area contributed by atoms with Gasteiger partial charge >= 0.3 is 0 Å². The molecule has 0 saturated carbocycles. The lowest BCUT2D eigenvalue weighted by Crippen LogP contribution is -2.40. The standard InChI is InChI=1S/C17H22N2O2/c1-13(2)15-3-5-16(6-4-15)21-12-17(20)19-9-7-14(11-18)8-10-19/h3-6,13-14H,7-10,12H2,1-2H3. The maximum atomic E-state index is 12.1. The number of likely N-dealkylation sites (tertiary alicyclic amines) is 1. The first-order valence-corrected chi connectivity index (χ1v) is 7.50. The SMILES string of the molecule is CC(C)c1ccc(OCC(=O)N2CCC(C#N)CC2)cc1. The van der Waals surface area contributed by atoms with Crippen molar-refractivity contribution in [3.63, 3.8) is 0 Å². The van der Waals surface area contributed by atoms with Crippen molar-refractivity contribution < 1.29 is 9.53 Å². The van der Waals surface area contributed by atoms with Crippen molar-refractivity contribution in [3.8, 4) is 11.8 Å². The van der Waals surface area contributed by atoms with E-state index in [1.165, 1.54) is 5.56 Å². The predicted octanol–water partition coefficient (Wildman–Crippen LogP) is 2.95. The van der Waals surface area contributed by atoms with E-state index in [-0.39, 0.29) is 18.4 Å². The second-order valence-corrected chi connectivity index (χ2v) is 5.80. The van der Waals surface area contributed by atoms with Gasteiger partial charge in [0.05, 0.1) is 6.07 Å². The molecular weight excluding hydrogens is 264 g/mol. The average molecular weight is 286 g/mol. The van der Waals surface area contributed by atoms with Gasteiger partial charge in [-0.1, -0.05) is 26.0 Å². The zero-order chi connectivity index (χ0) is 15.2. The van der Waals surface area contributed by atoms with Gasteiger partial charge in [-0.05, 0) is 36.5 Å². The van der Waals surface area contributed by atoms with E-state index in [4.69, 9.17) is 10.00 Å². The third kappa shape index (κ3) is 4.22. The van der Waals surface area contributed by atoms with Crippen LogP contribution in [0.3, 0.4) is 0 Å². The van der Waals surface area contributed by atoms with E-state index in [9.17, 15) is 4.79 Å². The van der Waals surface area contributed by atoms with Crippen molar-refractivity contribution in [1.29, 1.82) is 5.26 Å². The Balaban J connectivity index is 1.80. The van der Waals surface area contributed by atoms with Gasteiger partial charge in [0, 0.05) is 19.0 Å². The fraction of sp³-hybridized carbons (Fsp3) is 0.529. The van der Waals surface area contributed by atoms with Crippen LogP contribution in [0.1, 0.15) is 38.2 Å². The number of hydrogen-bond acceptors (Lipinski definition) is 3. The molecule has 4 nitrogen and oxygen atoms in total. The van der Waals surface area contributed by atoms with Crippen LogP contribution in [0.4, 0.5) is 0 Å². The van der Waals surface area contributed by atoms with Gasteiger partial charge < -0.3 is 9.64 Å². The molecular formula is C17H22N2O2. The lowest BCUT2D eigenvalue weighted by molar-refractivity contribution is -0.134. The normalized spacial score (nSPS) is 15.8. The monoisotopic (exact) mass is 286 g/mol. The molecule has 0 spiro atoms. The predicted molar refractivity (Wildman–Crippen MR) is 80.9 cm³/mol. The fourth-order valence-corrected chi connectivity index (χ4v) is 2.44. The van der Waals surface area contributed by atoms with Gasteiger partial charge in [0.1, 0.15) is 5.75 Å². The maximum absolute atomic E-state index is 12.1. The largest absolute Gasteiger partial charge is 0.484 e. The highest BCUT2D eigenvalue weighted by Crippen LogP contribution is 2.19. The molecule has 0 radical (unpaired) electrons. The topological polar surface area (TPSA) is 53.3 Å². The van der Waals surface area contributed by atoms with Crippen LogP contribution < -0.4 is 4.74 Å². The molecule has 21 heavy (non-hydrogen) atoms. The van der Waals surface area contributed by atoms with Gasteiger partial charge in [-0.25, -0.2) is 0 Å². The Hall–Kier alpha value is -2.02. The molecule has 0 N–H and O–H groups in total. The number of nitrogens with zero attached hydrogens (tertiary/aromatic N) is 2. The van der Waals surface area contributed by atoms with E-state index in [0.717, 1.165) is 18.6 Å². The lowest BCUT2D eigenvalue weighted by atomic mass is 9.99. The van der Waals surface area contributed by atoms with Gasteiger partial charge in [0.15, 0.2) is 6.61 Å². The fourth-order valence-electron chi connectivity index (χ4n) is 2.44. The second kappa shape index (κ2) is 7.12. The molecule has 2 rings (SSSR count). The van der Waals surface area contributed by atoms with Crippen LogP contribution in [0.15, 0.2) is 24.3 Å². The van der Waals surface area contributed by atoms with Crippen molar-refractivity contribution in [2.24, 2.45) is 5.92 Å². The van der Waals surface area contributed by atoms with Crippen molar-refractivity contribution in [2.75, 3.05) is 19.7 Å². The summed E-state index contributed by atoms with van der Waals surface area (Å²) >= 11 is 0. The lowest BCUT2D eigenvalue weighted by Gasteiger charge is -2.29. The smallest absolute Gasteiger partial charge is 0.260 e. The summed E-state index contributed by atoms with van der Waals surface area (Å²) in [4.78, 5) is 13.8. The first-order valence-electron chi connectivity index (χ1n) is 7.50. The zero-order valence-electron chi connectivity index (χ0n) is 12.7. The summed E-state index contributed by atoms with van der Waals surface area (Å²) in [5.74, 6) is 1.31. The Kier molecular flexibility index (Phi) is 5.21. The molecule has 1 aromatic carbocycles. The quantitative estimate of drug-likeness (QED) is 0.855. The molecule has 4 heteroatoms. The number of benzene rings is 1. The van der Waals surface area contributed by atoms with Crippen molar-refractivity contribution in [2.45, 2.75) is 32.6 Å². The Bertz CT molecular complexity index is 509. The van der Waals surface area contributed by atoms with Crippen molar-refractivity contribution in [1.82, 2.24) is 4.90 Å². The molecule has 112 valence electrons. The third-order valence-corrected chi connectivity index (χ3v) is 3.94. The Morgan fingerprint density at radius 1 is 1.33 bits per heavy atom. The third-order valence-electron chi connectivity index (χ3n) is 3.94. The summed E-state index contributed by atoms with van der Waals surface area (Å²) in [7, 11) is 0. The van der Waals surface area contributed by atoms with Gasteiger partial charge in [-0.15, -0.1) is 0 Å². The van der Waals surface area contributed by atoms with Crippen LogP contribution in [-0.4, -0.2) is 30.5 Å². The Labute approximate surface area is 126 Å². The van der Waals surface area contributed by atoms with E-state index in [0.29, 0.717) is 19.0 Å².